The molecule has 0 spiro atoms. The van der Waals surface area contributed by atoms with Crippen molar-refractivity contribution in [1.29, 1.82) is 0 Å². The van der Waals surface area contributed by atoms with Crippen LogP contribution < -0.4 is 10.9 Å². The van der Waals surface area contributed by atoms with Crippen LogP contribution in [0.25, 0.3) is 0 Å². The molecule has 4 nitrogen and oxygen atoms in total. The minimum atomic E-state index is -0.187. The van der Waals surface area contributed by atoms with E-state index in [1.165, 1.54) is 6.07 Å². The fourth-order valence-corrected chi connectivity index (χ4v) is 2.51. The maximum atomic E-state index is 12.5. The number of anilines is 1. The lowest BCUT2D eigenvalue weighted by Gasteiger charge is -2.16. The Hall–Kier alpha value is -2.36. The van der Waals surface area contributed by atoms with Gasteiger partial charge in [-0.2, -0.15) is 0 Å². The predicted molar refractivity (Wildman–Crippen MR) is 89.1 cm³/mol. The highest BCUT2D eigenvalue weighted by Gasteiger charge is 2.18. The number of rotatable bonds is 6. The van der Waals surface area contributed by atoms with Crippen molar-refractivity contribution in [1.82, 2.24) is 4.57 Å². The topological polar surface area (TPSA) is 51.1 Å². The van der Waals surface area contributed by atoms with Crippen molar-refractivity contribution in [3.8, 4) is 0 Å². The van der Waals surface area contributed by atoms with E-state index in [9.17, 15) is 9.59 Å². The lowest BCUT2D eigenvalue weighted by atomic mass is 9.95. The highest BCUT2D eigenvalue weighted by atomic mass is 16.2. The zero-order chi connectivity index (χ0) is 15.9. The summed E-state index contributed by atoms with van der Waals surface area (Å²) >= 11 is 0. The Morgan fingerprint density at radius 1 is 1.14 bits per heavy atom. The molecule has 0 radical (unpaired) electrons. The molecule has 1 amide bonds. The third kappa shape index (κ3) is 3.85. The lowest BCUT2D eigenvalue weighted by molar-refractivity contribution is -0.117. The third-order valence-electron chi connectivity index (χ3n) is 3.64. The maximum absolute atomic E-state index is 12.5. The average molecular weight is 298 g/mol. The molecule has 2 aromatic rings. The zero-order valence-electron chi connectivity index (χ0n) is 13.1. The number of nitrogens with zero attached hydrogens (tertiary/aromatic N) is 1. The van der Waals surface area contributed by atoms with Gasteiger partial charge in [0.2, 0.25) is 5.91 Å². The quantitative estimate of drug-likeness (QED) is 0.888. The van der Waals surface area contributed by atoms with Crippen LogP contribution in [0, 0.1) is 0 Å². The maximum Gasteiger partial charge on any atom is 0.250 e. The van der Waals surface area contributed by atoms with Gasteiger partial charge in [-0.05, 0) is 24.5 Å². The summed E-state index contributed by atoms with van der Waals surface area (Å²) in [6, 6.07) is 12.9. The molecule has 0 saturated heterocycles. The smallest absolute Gasteiger partial charge is 0.250 e. The van der Waals surface area contributed by atoms with E-state index in [-0.39, 0.29) is 17.4 Å². The summed E-state index contributed by atoms with van der Waals surface area (Å²) < 4.78 is 1.62. The van der Waals surface area contributed by atoms with Crippen molar-refractivity contribution in [3.63, 3.8) is 0 Å². The molecule has 1 aromatic carbocycles. The van der Waals surface area contributed by atoms with Crippen molar-refractivity contribution in [2.75, 3.05) is 5.32 Å². The van der Waals surface area contributed by atoms with Gasteiger partial charge in [-0.1, -0.05) is 44.2 Å². The number of hydrogen-bond acceptors (Lipinski definition) is 2. The molecule has 1 N–H and O–H groups in total. The minimum absolute atomic E-state index is 0.0459. The first-order valence-electron chi connectivity index (χ1n) is 7.72. The van der Waals surface area contributed by atoms with E-state index in [4.69, 9.17) is 0 Å². The minimum Gasteiger partial charge on any atom is -0.324 e. The average Bonchev–Trinajstić information content (AvgIpc) is 2.52. The van der Waals surface area contributed by atoms with E-state index in [2.05, 4.69) is 5.32 Å². The molecular weight excluding hydrogens is 276 g/mol. The van der Waals surface area contributed by atoms with E-state index in [0.29, 0.717) is 12.2 Å². The van der Waals surface area contributed by atoms with Gasteiger partial charge in [0.1, 0.15) is 0 Å². The first-order valence-corrected chi connectivity index (χ1v) is 7.72. The Morgan fingerprint density at radius 3 is 2.50 bits per heavy atom. The molecule has 1 heterocycles. The summed E-state index contributed by atoms with van der Waals surface area (Å²) in [6.45, 7) is 4.66. The molecule has 1 aromatic heterocycles. The molecule has 0 bridgehead atoms. The van der Waals surface area contributed by atoms with Crippen LogP contribution in [0.2, 0.25) is 0 Å². The second kappa shape index (κ2) is 7.59. The van der Waals surface area contributed by atoms with Crippen LogP contribution in [0.3, 0.4) is 0 Å². The molecule has 0 aliphatic rings. The molecular formula is C18H22N2O2. The van der Waals surface area contributed by atoms with Crippen LogP contribution in [-0.4, -0.2) is 10.5 Å². The molecule has 4 heteroatoms. The largest absolute Gasteiger partial charge is 0.324 e. The molecule has 116 valence electrons. The van der Waals surface area contributed by atoms with Gasteiger partial charge in [0.15, 0.2) is 0 Å². The van der Waals surface area contributed by atoms with Crippen LogP contribution in [0.4, 0.5) is 5.69 Å². The van der Waals surface area contributed by atoms with Gasteiger partial charge < -0.3 is 9.88 Å². The van der Waals surface area contributed by atoms with E-state index < -0.39 is 0 Å². The number of hydrogen-bond donors (Lipinski definition) is 1. The molecule has 0 fully saturated rings. The van der Waals surface area contributed by atoms with Gasteiger partial charge in [-0.15, -0.1) is 0 Å². The number of carbonyl (C=O) groups excluding carboxylic acids is 1. The fraction of sp³-hybridized carbons (Fsp3) is 0.333. The Balaban J connectivity index is 2.17. The number of carbonyl (C=O) groups is 1. The standard InChI is InChI=1S/C18H22N2O2/c1-3-12-20-13-15(10-11-17(20)21)19-18(22)16(4-2)14-8-6-5-7-9-14/h5-11,13,16H,3-4,12H2,1-2H3,(H,19,22)/t16-/m1/s1. The zero-order valence-corrected chi connectivity index (χ0v) is 13.1. The Labute approximate surface area is 130 Å². The van der Waals surface area contributed by atoms with Gasteiger partial charge >= 0.3 is 0 Å². The Kier molecular flexibility index (Phi) is 5.53. The molecule has 0 unspecified atom stereocenters. The number of nitrogens with one attached hydrogen (secondary N) is 1. The van der Waals surface area contributed by atoms with Gasteiger partial charge in [0.05, 0.1) is 11.6 Å². The van der Waals surface area contributed by atoms with Gasteiger partial charge in [-0.25, -0.2) is 0 Å². The summed E-state index contributed by atoms with van der Waals surface area (Å²) in [6.07, 6.45) is 3.31. The van der Waals surface area contributed by atoms with Crippen LogP contribution in [0.1, 0.15) is 38.2 Å². The summed E-state index contributed by atoms with van der Waals surface area (Å²) in [5.74, 6) is -0.233. The van der Waals surface area contributed by atoms with Crippen molar-refractivity contribution in [3.05, 3.63) is 64.6 Å². The highest BCUT2D eigenvalue weighted by Crippen LogP contribution is 2.21. The molecule has 0 aliphatic heterocycles. The third-order valence-corrected chi connectivity index (χ3v) is 3.64. The van der Waals surface area contributed by atoms with Crippen molar-refractivity contribution < 1.29 is 4.79 Å². The summed E-state index contributed by atoms with van der Waals surface area (Å²) in [5, 5.41) is 2.92. The second-order valence-corrected chi connectivity index (χ2v) is 5.31. The van der Waals surface area contributed by atoms with Gasteiger partial charge in [0, 0.05) is 18.8 Å². The number of aryl methyl sites for hydroxylation is 1. The molecule has 0 saturated carbocycles. The SMILES string of the molecule is CCCn1cc(NC(=O)[C@H](CC)c2ccccc2)ccc1=O. The number of pyridine rings is 1. The summed E-state index contributed by atoms with van der Waals surface area (Å²) in [7, 11) is 0. The van der Waals surface area contributed by atoms with Crippen LogP contribution in [0.15, 0.2) is 53.5 Å². The van der Waals surface area contributed by atoms with Crippen LogP contribution >= 0.6 is 0 Å². The van der Waals surface area contributed by atoms with E-state index in [1.54, 1.807) is 16.8 Å². The van der Waals surface area contributed by atoms with Crippen LogP contribution in [-0.2, 0) is 11.3 Å². The van der Waals surface area contributed by atoms with E-state index in [0.717, 1.165) is 18.4 Å². The number of benzene rings is 1. The monoisotopic (exact) mass is 298 g/mol. The Bertz CT molecular complexity index is 677. The normalized spacial score (nSPS) is 11.9. The highest BCUT2D eigenvalue weighted by molar-refractivity contribution is 5.95. The van der Waals surface area contributed by atoms with Gasteiger partial charge in [-0.3, -0.25) is 9.59 Å². The molecule has 2 rings (SSSR count). The van der Waals surface area contributed by atoms with Crippen molar-refractivity contribution in [2.24, 2.45) is 0 Å². The van der Waals surface area contributed by atoms with E-state index in [1.807, 2.05) is 44.2 Å². The fourth-order valence-electron chi connectivity index (χ4n) is 2.51. The summed E-state index contributed by atoms with van der Waals surface area (Å²) in [4.78, 5) is 24.2. The first kappa shape index (κ1) is 16.0. The number of amides is 1. The molecule has 1 atom stereocenters. The van der Waals surface area contributed by atoms with Crippen LogP contribution in [0.5, 0.6) is 0 Å². The first-order chi connectivity index (χ1) is 10.7. The predicted octanol–water partition coefficient (Wildman–Crippen LogP) is 3.39. The lowest BCUT2D eigenvalue weighted by Crippen LogP contribution is -2.23. The molecule has 22 heavy (non-hydrogen) atoms. The molecule has 0 aliphatic carbocycles. The Morgan fingerprint density at radius 2 is 1.86 bits per heavy atom. The number of aromatic nitrogens is 1. The summed E-state index contributed by atoms with van der Waals surface area (Å²) in [5.41, 5.74) is 1.62. The van der Waals surface area contributed by atoms with Crippen molar-refractivity contribution >= 4 is 11.6 Å². The van der Waals surface area contributed by atoms with E-state index >= 15 is 0 Å². The van der Waals surface area contributed by atoms with Gasteiger partial charge in [0.25, 0.3) is 5.56 Å². The second-order valence-electron chi connectivity index (χ2n) is 5.31. The van der Waals surface area contributed by atoms with Crippen molar-refractivity contribution in [2.45, 2.75) is 39.2 Å².